The van der Waals surface area contributed by atoms with Gasteiger partial charge >= 0.3 is 0 Å². The van der Waals surface area contributed by atoms with Gasteiger partial charge in [-0.25, -0.2) is 0 Å². The summed E-state index contributed by atoms with van der Waals surface area (Å²) in [6.07, 6.45) is 3.55. The summed E-state index contributed by atoms with van der Waals surface area (Å²) in [4.78, 5) is 19.0. The van der Waals surface area contributed by atoms with E-state index >= 15 is 0 Å². The Kier molecular flexibility index (Phi) is 8.28. The molecule has 6 nitrogen and oxygen atoms in total. The number of likely N-dealkylation sites (tertiary alicyclic amines) is 1. The van der Waals surface area contributed by atoms with Gasteiger partial charge in [0.1, 0.15) is 0 Å². The van der Waals surface area contributed by atoms with Gasteiger partial charge in [0.15, 0.2) is 0 Å². The molecule has 2 aliphatic heterocycles. The largest absolute Gasteiger partial charge is 0.368 e. The molecule has 0 aromatic heterocycles. The van der Waals surface area contributed by atoms with Crippen LogP contribution in [-0.4, -0.2) is 55.4 Å². The fourth-order valence-electron chi connectivity index (χ4n) is 5.42. The van der Waals surface area contributed by atoms with E-state index in [1.54, 1.807) is 6.92 Å². The average molecular weight is 496 g/mol. The summed E-state index contributed by atoms with van der Waals surface area (Å²) in [5.74, 6) is 0.544. The summed E-state index contributed by atoms with van der Waals surface area (Å²) >= 11 is 0. The first-order chi connectivity index (χ1) is 18.2. The van der Waals surface area contributed by atoms with E-state index in [1.807, 2.05) is 18.2 Å². The molecule has 2 aliphatic rings. The highest BCUT2D eigenvalue weighted by Crippen LogP contribution is 2.29. The molecule has 5 rings (SSSR count). The fourth-order valence-corrected chi connectivity index (χ4v) is 5.42. The van der Waals surface area contributed by atoms with Crippen molar-refractivity contribution in [2.24, 2.45) is 4.99 Å². The van der Waals surface area contributed by atoms with E-state index in [1.165, 1.54) is 5.56 Å². The van der Waals surface area contributed by atoms with E-state index in [0.717, 1.165) is 73.7 Å². The monoisotopic (exact) mass is 495 g/mol. The minimum absolute atomic E-state index is 0.0210. The van der Waals surface area contributed by atoms with Crippen molar-refractivity contribution in [2.75, 3.05) is 43.4 Å². The van der Waals surface area contributed by atoms with E-state index in [9.17, 15) is 4.79 Å². The van der Waals surface area contributed by atoms with Gasteiger partial charge in [-0.05, 0) is 75.1 Å². The third-order valence-corrected chi connectivity index (χ3v) is 7.30. The lowest BCUT2D eigenvalue weighted by atomic mass is 9.89. The Bertz CT molecular complexity index is 1220. The molecule has 192 valence electrons. The van der Waals surface area contributed by atoms with Crippen molar-refractivity contribution in [1.29, 1.82) is 0 Å². The SMILES string of the molecule is CC(=O)Nc1cccc(C2CCN(CCCNC3CN=C(c4ccccc4)c4ccccc4N3)CC2)c1. The molecule has 37 heavy (non-hydrogen) atoms. The van der Waals surface area contributed by atoms with Gasteiger partial charge in [0.25, 0.3) is 0 Å². The van der Waals surface area contributed by atoms with Crippen molar-refractivity contribution in [1.82, 2.24) is 10.2 Å². The van der Waals surface area contributed by atoms with Crippen LogP contribution in [0.1, 0.15) is 48.8 Å². The van der Waals surface area contributed by atoms with E-state index in [-0.39, 0.29) is 12.1 Å². The summed E-state index contributed by atoms with van der Waals surface area (Å²) in [5, 5.41) is 10.3. The lowest BCUT2D eigenvalue weighted by Gasteiger charge is -2.32. The zero-order chi connectivity index (χ0) is 25.5. The summed E-state index contributed by atoms with van der Waals surface area (Å²) in [6, 6.07) is 27.2. The van der Waals surface area contributed by atoms with E-state index in [4.69, 9.17) is 4.99 Å². The van der Waals surface area contributed by atoms with Crippen molar-refractivity contribution < 1.29 is 4.79 Å². The Morgan fingerprint density at radius 2 is 1.78 bits per heavy atom. The predicted octanol–water partition coefficient (Wildman–Crippen LogP) is 5.09. The maximum absolute atomic E-state index is 11.4. The number of nitrogens with one attached hydrogen (secondary N) is 3. The minimum atomic E-state index is -0.0210. The average Bonchev–Trinajstić information content (AvgIpc) is 3.11. The number of piperidine rings is 1. The predicted molar refractivity (Wildman–Crippen MR) is 153 cm³/mol. The van der Waals surface area contributed by atoms with Crippen LogP contribution in [0.4, 0.5) is 11.4 Å². The molecule has 3 N–H and O–H groups in total. The normalized spacial score (nSPS) is 18.3. The van der Waals surface area contributed by atoms with Gasteiger partial charge < -0.3 is 15.5 Å². The quantitative estimate of drug-likeness (QED) is 0.381. The van der Waals surface area contributed by atoms with Gasteiger partial charge in [-0.3, -0.25) is 15.1 Å². The second-order valence-corrected chi connectivity index (χ2v) is 10.0. The molecule has 2 heterocycles. The molecule has 1 atom stereocenters. The molecule has 3 aromatic rings. The van der Waals surface area contributed by atoms with E-state index in [2.05, 4.69) is 81.5 Å². The lowest BCUT2D eigenvalue weighted by molar-refractivity contribution is -0.114. The maximum atomic E-state index is 11.4. The van der Waals surface area contributed by atoms with Crippen molar-refractivity contribution >= 4 is 23.0 Å². The van der Waals surface area contributed by atoms with Crippen molar-refractivity contribution in [3.8, 4) is 0 Å². The van der Waals surface area contributed by atoms with Gasteiger partial charge in [0.05, 0.1) is 18.4 Å². The number of rotatable bonds is 8. The van der Waals surface area contributed by atoms with Crippen LogP contribution in [0.15, 0.2) is 83.9 Å². The summed E-state index contributed by atoms with van der Waals surface area (Å²) in [7, 11) is 0. The first-order valence-electron chi connectivity index (χ1n) is 13.4. The smallest absolute Gasteiger partial charge is 0.221 e. The second-order valence-electron chi connectivity index (χ2n) is 10.0. The highest BCUT2D eigenvalue weighted by atomic mass is 16.1. The Morgan fingerprint density at radius 1 is 1.00 bits per heavy atom. The molecule has 1 amide bonds. The van der Waals surface area contributed by atoms with Crippen molar-refractivity contribution in [2.45, 2.75) is 38.3 Å². The van der Waals surface area contributed by atoms with Crippen LogP contribution in [0.2, 0.25) is 0 Å². The maximum Gasteiger partial charge on any atom is 0.221 e. The molecule has 1 saturated heterocycles. The number of hydrogen-bond acceptors (Lipinski definition) is 5. The van der Waals surface area contributed by atoms with E-state index in [0.29, 0.717) is 12.5 Å². The third kappa shape index (κ3) is 6.64. The van der Waals surface area contributed by atoms with Crippen LogP contribution in [0.3, 0.4) is 0 Å². The first-order valence-corrected chi connectivity index (χ1v) is 13.4. The summed E-state index contributed by atoms with van der Waals surface area (Å²) in [5.41, 5.74) is 6.73. The molecule has 0 spiro atoms. The number of anilines is 2. The standard InChI is InChI=1S/C31H37N5O/c1-23(37)34-27-12-7-11-26(21-27)24-15-19-36(20-16-24)18-8-17-32-30-22-33-31(25-9-3-2-4-10-25)28-13-5-6-14-29(28)35-30/h2-7,9-14,21,24,30,32,35H,8,15-20,22H2,1H3,(H,34,37). The number of para-hydroxylation sites is 1. The van der Waals surface area contributed by atoms with Crippen molar-refractivity contribution in [3.05, 3.63) is 95.6 Å². The lowest BCUT2D eigenvalue weighted by Crippen LogP contribution is -2.40. The van der Waals surface area contributed by atoms with Crippen LogP contribution in [0, 0.1) is 0 Å². The van der Waals surface area contributed by atoms with Gasteiger partial charge in [-0.15, -0.1) is 0 Å². The second kappa shape index (κ2) is 12.2. The molecule has 0 saturated carbocycles. The Balaban J connectivity index is 1.09. The molecule has 0 radical (unpaired) electrons. The number of amides is 1. The number of carbonyl (C=O) groups is 1. The molecule has 1 unspecified atom stereocenters. The third-order valence-electron chi connectivity index (χ3n) is 7.30. The number of benzene rings is 3. The van der Waals surface area contributed by atoms with Crippen LogP contribution < -0.4 is 16.0 Å². The minimum Gasteiger partial charge on any atom is -0.368 e. The molecule has 3 aromatic carbocycles. The Labute approximate surface area is 220 Å². The van der Waals surface area contributed by atoms with Gasteiger partial charge in [-0.2, -0.15) is 0 Å². The number of nitrogens with zero attached hydrogens (tertiary/aromatic N) is 2. The van der Waals surface area contributed by atoms with Gasteiger partial charge in [0.2, 0.25) is 5.91 Å². The van der Waals surface area contributed by atoms with Crippen molar-refractivity contribution in [3.63, 3.8) is 0 Å². The number of carbonyl (C=O) groups excluding carboxylic acids is 1. The zero-order valence-corrected chi connectivity index (χ0v) is 21.6. The Morgan fingerprint density at radius 3 is 2.59 bits per heavy atom. The number of benzodiazepines with no additional fused rings is 1. The molecule has 1 fully saturated rings. The molecular weight excluding hydrogens is 458 g/mol. The molecule has 0 bridgehead atoms. The van der Waals surface area contributed by atoms with Gasteiger partial charge in [-0.1, -0.05) is 60.7 Å². The highest BCUT2D eigenvalue weighted by Gasteiger charge is 2.21. The zero-order valence-electron chi connectivity index (χ0n) is 21.6. The number of aliphatic imine (C=N–C) groups is 1. The van der Waals surface area contributed by atoms with Crippen LogP contribution in [0.5, 0.6) is 0 Å². The summed E-state index contributed by atoms with van der Waals surface area (Å²) < 4.78 is 0. The van der Waals surface area contributed by atoms with Gasteiger partial charge in [0, 0.05) is 29.4 Å². The van der Waals surface area contributed by atoms with Crippen LogP contribution in [0.25, 0.3) is 0 Å². The first kappa shape index (κ1) is 25.2. The van der Waals surface area contributed by atoms with Crippen LogP contribution in [-0.2, 0) is 4.79 Å². The molecular formula is C31H37N5O. The van der Waals surface area contributed by atoms with E-state index < -0.39 is 0 Å². The molecule has 0 aliphatic carbocycles. The summed E-state index contributed by atoms with van der Waals surface area (Å²) in [6.45, 7) is 6.55. The highest BCUT2D eigenvalue weighted by molar-refractivity contribution is 6.16. The Hall–Kier alpha value is -3.48. The fraction of sp³-hybridized carbons (Fsp3) is 0.355. The van der Waals surface area contributed by atoms with Crippen LogP contribution >= 0.6 is 0 Å². The number of hydrogen-bond donors (Lipinski definition) is 3. The molecule has 6 heteroatoms. The topological polar surface area (TPSA) is 68.8 Å². The number of fused-ring (bicyclic) bond motifs is 1.